The molecule has 0 unspecified atom stereocenters. The predicted molar refractivity (Wildman–Crippen MR) is 95.4 cm³/mol. The van der Waals surface area contributed by atoms with Crippen molar-refractivity contribution in [3.05, 3.63) is 58.9 Å². The number of benzene rings is 2. The lowest BCUT2D eigenvalue weighted by Gasteiger charge is -2.19. The Hall–Kier alpha value is -2.12. The number of amides is 1. The molecule has 5 nitrogen and oxygen atoms in total. The minimum atomic E-state index is -3.96. The third-order valence-corrected chi connectivity index (χ3v) is 5.43. The van der Waals surface area contributed by atoms with E-state index in [0.717, 1.165) is 23.8 Å². The predicted octanol–water partition coefficient (Wildman–Crippen LogP) is 3.65. The lowest BCUT2D eigenvalue weighted by atomic mass is 10.2. The number of sulfonamides is 1. The van der Waals surface area contributed by atoms with Crippen molar-refractivity contribution >= 4 is 33.2 Å². The molecule has 25 heavy (non-hydrogen) atoms. The largest absolute Gasteiger partial charge is 0.339 e. The van der Waals surface area contributed by atoms with Crippen LogP contribution in [0.25, 0.3) is 0 Å². The highest BCUT2D eigenvalue weighted by atomic mass is 35.5. The number of halogens is 2. The van der Waals surface area contributed by atoms with Crippen molar-refractivity contribution in [3.8, 4) is 0 Å². The van der Waals surface area contributed by atoms with Crippen LogP contribution in [-0.4, -0.2) is 25.8 Å². The molecule has 0 aliphatic heterocycles. The van der Waals surface area contributed by atoms with E-state index >= 15 is 0 Å². The van der Waals surface area contributed by atoms with Crippen molar-refractivity contribution in [1.82, 2.24) is 4.90 Å². The molecular weight excluding hydrogens is 367 g/mol. The van der Waals surface area contributed by atoms with Crippen molar-refractivity contribution in [2.45, 2.75) is 25.3 Å². The van der Waals surface area contributed by atoms with Crippen LogP contribution in [-0.2, 0) is 21.4 Å². The molecule has 134 valence electrons. The van der Waals surface area contributed by atoms with Gasteiger partial charge in [-0.05, 0) is 42.8 Å². The molecule has 0 fully saturated rings. The van der Waals surface area contributed by atoms with E-state index in [-0.39, 0.29) is 15.8 Å². The summed E-state index contributed by atoms with van der Waals surface area (Å²) in [7, 11) is -3.96. The van der Waals surface area contributed by atoms with Crippen molar-refractivity contribution in [3.63, 3.8) is 0 Å². The van der Waals surface area contributed by atoms with Gasteiger partial charge >= 0.3 is 0 Å². The molecule has 0 radical (unpaired) electrons. The van der Waals surface area contributed by atoms with Gasteiger partial charge in [0, 0.05) is 25.7 Å². The summed E-state index contributed by atoms with van der Waals surface area (Å²) in [5.74, 6) is -0.679. The van der Waals surface area contributed by atoms with Gasteiger partial charge in [0.1, 0.15) is 10.7 Å². The monoisotopic (exact) mass is 384 g/mol. The molecule has 8 heteroatoms. The second-order valence-corrected chi connectivity index (χ2v) is 7.47. The molecule has 1 N–H and O–H groups in total. The van der Waals surface area contributed by atoms with Crippen molar-refractivity contribution in [2.24, 2.45) is 0 Å². The zero-order chi connectivity index (χ0) is 18.6. The second kappa shape index (κ2) is 7.84. The fraction of sp³-hybridized carbons (Fsp3) is 0.235. The maximum atomic E-state index is 13.1. The van der Waals surface area contributed by atoms with E-state index in [1.807, 2.05) is 6.92 Å². The van der Waals surface area contributed by atoms with Gasteiger partial charge in [0.25, 0.3) is 10.0 Å². The summed E-state index contributed by atoms with van der Waals surface area (Å²) >= 11 is 5.83. The highest BCUT2D eigenvalue weighted by Gasteiger charge is 2.19. The summed E-state index contributed by atoms with van der Waals surface area (Å²) in [6.07, 6.45) is 0. The van der Waals surface area contributed by atoms with Crippen LogP contribution in [0.1, 0.15) is 19.4 Å². The Labute approximate surface area is 151 Å². The van der Waals surface area contributed by atoms with E-state index in [1.54, 1.807) is 29.2 Å². The fourth-order valence-electron chi connectivity index (χ4n) is 2.30. The molecular formula is C17H18ClFN2O3S. The zero-order valence-electron chi connectivity index (χ0n) is 13.8. The number of carbonyl (C=O) groups excluding carboxylic acids is 1. The minimum Gasteiger partial charge on any atom is -0.339 e. The molecule has 0 aliphatic carbocycles. The van der Waals surface area contributed by atoms with Gasteiger partial charge in [-0.25, -0.2) is 12.8 Å². The smallest absolute Gasteiger partial charge is 0.263 e. The quantitative estimate of drug-likeness (QED) is 0.826. The van der Waals surface area contributed by atoms with Crippen LogP contribution < -0.4 is 4.72 Å². The van der Waals surface area contributed by atoms with Gasteiger partial charge < -0.3 is 4.90 Å². The summed E-state index contributed by atoms with van der Waals surface area (Å²) in [4.78, 5) is 12.9. The first-order chi connectivity index (χ1) is 11.7. The lowest BCUT2D eigenvalue weighted by molar-refractivity contribution is -0.129. The molecule has 0 aromatic heterocycles. The Morgan fingerprint density at radius 3 is 2.56 bits per heavy atom. The molecule has 0 saturated carbocycles. The Morgan fingerprint density at radius 1 is 1.24 bits per heavy atom. The van der Waals surface area contributed by atoms with E-state index in [9.17, 15) is 17.6 Å². The third-order valence-electron chi connectivity index (χ3n) is 3.56. The van der Waals surface area contributed by atoms with Gasteiger partial charge in [0.05, 0.1) is 5.02 Å². The van der Waals surface area contributed by atoms with Crippen LogP contribution >= 0.6 is 11.6 Å². The van der Waals surface area contributed by atoms with Crippen LogP contribution in [0.3, 0.4) is 0 Å². The average molecular weight is 385 g/mol. The maximum Gasteiger partial charge on any atom is 0.263 e. The van der Waals surface area contributed by atoms with Crippen LogP contribution in [0, 0.1) is 5.82 Å². The molecule has 2 aromatic rings. The Bertz CT molecular complexity index is 887. The van der Waals surface area contributed by atoms with Gasteiger partial charge in [-0.1, -0.05) is 23.7 Å². The number of rotatable bonds is 6. The van der Waals surface area contributed by atoms with E-state index < -0.39 is 15.8 Å². The number of hydrogen-bond donors (Lipinski definition) is 1. The lowest BCUT2D eigenvalue weighted by Crippen LogP contribution is -2.27. The van der Waals surface area contributed by atoms with Crippen molar-refractivity contribution in [2.75, 3.05) is 11.3 Å². The minimum absolute atomic E-state index is 0.0634. The summed E-state index contributed by atoms with van der Waals surface area (Å²) in [6.45, 7) is 4.27. The van der Waals surface area contributed by atoms with Gasteiger partial charge in [-0.15, -0.1) is 0 Å². The topological polar surface area (TPSA) is 66.5 Å². The first-order valence-electron chi connectivity index (χ1n) is 7.55. The summed E-state index contributed by atoms with van der Waals surface area (Å²) in [6, 6.07) is 9.80. The molecule has 0 saturated heterocycles. The Balaban J connectivity index is 2.25. The molecule has 1 amide bonds. The molecule has 0 bridgehead atoms. The molecule has 0 atom stereocenters. The van der Waals surface area contributed by atoms with Crippen molar-refractivity contribution in [1.29, 1.82) is 0 Å². The number of hydrogen-bond acceptors (Lipinski definition) is 3. The number of nitrogens with one attached hydrogen (secondary N) is 1. The number of nitrogens with zero attached hydrogens (tertiary/aromatic N) is 1. The highest BCUT2D eigenvalue weighted by Crippen LogP contribution is 2.25. The van der Waals surface area contributed by atoms with Crippen LogP contribution in [0.2, 0.25) is 5.02 Å². The van der Waals surface area contributed by atoms with E-state index in [0.29, 0.717) is 18.8 Å². The first-order valence-corrected chi connectivity index (χ1v) is 9.41. The van der Waals surface area contributed by atoms with Crippen LogP contribution in [0.15, 0.2) is 47.4 Å². The molecule has 0 aliphatic rings. The summed E-state index contributed by atoms with van der Waals surface area (Å²) < 4.78 is 40.4. The van der Waals surface area contributed by atoms with Crippen molar-refractivity contribution < 1.29 is 17.6 Å². The fourth-order valence-corrected chi connectivity index (χ4v) is 3.88. The Kier molecular flexibility index (Phi) is 6.02. The molecule has 0 heterocycles. The Morgan fingerprint density at radius 2 is 1.96 bits per heavy atom. The zero-order valence-corrected chi connectivity index (χ0v) is 15.4. The SMILES string of the molecule is CCN(Cc1cccc(NS(=O)(=O)c2ccc(F)cc2Cl)c1)C(C)=O. The summed E-state index contributed by atoms with van der Waals surface area (Å²) in [5, 5.41) is -0.197. The van der Waals surface area contributed by atoms with Gasteiger partial charge in [-0.3, -0.25) is 9.52 Å². The number of anilines is 1. The van der Waals surface area contributed by atoms with E-state index in [2.05, 4.69) is 4.72 Å². The maximum absolute atomic E-state index is 13.1. The highest BCUT2D eigenvalue weighted by molar-refractivity contribution is 7.92. The van der Waals surface area contributed by atoms with Gasteiger partial charge in [-0.2, -0.15) is 0 Å². The molecule has 2 aromatic carbocycles. The van der Waals surface area contributed by atoms with Crippen LogP contribution in [0.5, 0.6) is 0 Å². The van der Waals surface area contributed by atoms with Crippen LogP contribution in [0.4, 0.5) is 10.1 Å². The normalized spacial score (nSPS) is 11.2. The third kappa shape index (κ3) is 4.93. The summed E-state index contributed by atoms with van der Waals surface area (Å²) in [5.41, 5.74) is 1.11. The van der Waals surface area contributed by atoms with E-state index in [4.69, 9.17) is 11.6 Å². The number of carbonyl (C=O) groups is 1. The molecule has 2 rings (SSSR count). The van der Waals surface area contributed by atoms with E-state index in [1.165, 1.54) is 6.92 Å². The average Bonchev–Trinajstić information content (AvgIpc) is 2.51. The molecule has 0 spiro atoms. The first kappa shape index (κ1) is 19.2. The van der Waals surface area contributed by atoms with Gasteiger partial charge in [0.15, 0.2) is 0 Å². The standard InChI is InChI=1S/C17H18ClFN2O3S/c1-3-21(12(2)22)11-13-5-4-6-15(9-13)20-25(23,24)17-8-7-14(19)10-16(17)18/h4-10,20H,3,11H2,1-2H3. The van der Waals surface area contributed by atoms with Gasteiger partial charge in [0.2, 0.25) is 5.91 Å². The second-order valence-electron chi connectivity index (χ2n) is 5.41.